The minimum Gasteiger partial charge on any atom is -0.497 e. The van der Waals surface area contributed by atoms with E-state index >= 15 is 0 Å². The van der Waals surface area contributed by atoms with Gasteiger partial charge in [-0.1, -0.05) is 6.92 Å². The fourth-order valence-electron chi connectivity index (χ4n) is 2.66. The molecule has 0 aliphatic carbocycles. The molecule has 2 rings (SSSR count). The topological polar surface area (TPSA) is 41.6 Å². The second-order valence-corrected chi connectivity index (χ2v) is 4.98. The molecule has 1 heterocycles. The Morgan fingerprint density at radius 3 is 3.00 bits per heavy atom. The van der Waals surface area contributed by atoms with Gasteiger partial charge in [-0.3, -0.25) is 9.69 Å². The summed E-state index contributed by atoms with van der Waals surface area (Å²) >= 11 is 0. The summed E-state index contributed by atoms with van der Waals surface area (Å²) in [7, 11) is 1.47. The maximum absolute atomic E-state index is 13.8. The Morgan fingerprint density at radius 1 is 1.55 bits per heavy atom. The summed E-state index contributed by atoms with van der Waals surface area (Å²) in [6.45, 7) is 4.74. The van der Waals surface area contributed by atoms with Gasteiger partial charge in [-0.15, -0.1) is 0 Å². The quantitative estimate of drug-likeness (QED) is 0.897. The molecule has 1 saturated heterocycles. The van der Waals surface area contributed by atoms with E-state index < -0.39 is 5.82 Å². The highest BCUT2D eigenvalue weighted by molar-refractivity contribution is 5.94. The summed E-state index contributed by atoms with van der Waals surface area (Å²) in [6, 6.07) is 4.63. The maximum atomic E-state index is 13.8. The number of hydrogen-bond acceptors (Lipinski definition) is 3. The molecule has 5 heteroatoms. The number of amides is 1. The summed E-state index contributed by atoms with van der Waals surface area (Å²) in [5.41, 5.74) is 0.0619. The van der Waals surface area contributed by atoms with Crippen molar-refractivity contribution < 1.29 is 13.9 Å². The Labute approximate surface area is 118 Å². The molecule has 1 aromatic rings. The van der Waals surface area contributed by atoms with E-state index in [4.69, 9.17) is 4.74 Å². The molecule has 1 aliphatic rings. The van der Waals surface area contributed by atoms with Crippen molar-refractivity contribution in [3.8, 4) is 5.75 Å². The van der Waals surface area contributed by atoms with E-state index in [0.29, 0.717) is 18.3 Å². The molecule has 1 unspecified atom stereocenters. The van der Waals surface area contributed by atoms with Crippen molar-refractivity contribution in [2.45, 2.75) is 25.8 Å². The number of carbonyl (C=O) groups excluding carboxylic acids is 1. The molecule has 0 spiro atoms. The van der Waals surface area contributed by atoms with Crippen LogP contribution in [-0.4, -0.2) is 43.6 Å². The van der Waals surface area contributed by atoms with E-state index in [9.17, 15) is 9.18 Å². The number of nitrogens with one attached hydrogen (secondary N) is 1. The molecule has 1 amide bonds. The number of ether oxygens (including phenoxy) is 1. The van der Waals surface area contributed by atoms with Gasteiger partial charge < -0.3 is 10.1 Å². The molecule has 0 saturated carbocycles. The summed E-state index contributed by atoms with van der Waals surface area (Å²) in [6.07, 6.45) is 2.24. The van der Waals surface area contributed by atoms with Crippen molar-refractivity contribution in [1.82, 2.24) is 10.2 Å². The number of benzene rings is 1. The Hall–Kier alpha value is -1.62. The average molecular weight is 280 g/mol. The molecule has 110 valence electrons. The average Bonchev–Trinajstić information content (AvgIpc) is 2.92. The highest BCUT2D eigenvalue weighted by atomic mass is 19.1. The van der Waals surface area contributed by atoms with Crippen molar-refractivity contribution in [2.75, 3.05) is 26.7 Å². The number of carbonyl (C=O) groups is 1. The van der Waals surface area contributed by atoms with Gasteiger partial charge in [-0.25, -0.2) is 4.39 Å². The zero-order valence-corrected chi connectivity index (χ0v) is 12.0. The van der Waals surface area contributed by atoms with Crippen LogP contribution in [0.25, 0.3) is 0 Å². The van der Waals surface area contributed by atoms with E-state index in [1.165, 1.54) is 19.2 Å². The molecule has 4 nitrogen and oxygen atoms in total. The molecule has 1 fully saturated rings. The third-order valence-electron chi connectivity index (χ3n) is 3.82. The van der Waals surface area contributed by atoms with E-state index in [2.05, 4.69) is 17.1 Å². The minimum atomic E-state index is -0.555. The van der Waals surface area contributed by atoms with Gasteiger partial charge in [-0.05, 0) is 38.1 Å². The minimum absolute atomic E-state index is 0.0619. The Morgan fingerprint density at radius 2 is 2.35 bits per heavy atom. The lowest BCUT2D eigenvalue weighted by atomic mass is 10.1. The molecule has 1 aliphatic heterocycles. The van der Waals surface area contributed by atoms with E-state index in [-0.39, 0.29) is 11.5 Å². The highest BCUT2D eigenvalue weighted by Crippen LogP contribution is 2.18. The molecular formula is C15H21FN2O2. The second kappa shape index (κ2) is 6.70. The van der Waals surface area contributed by atoms with Crippen LogP contribution in [0.2, 0.25) is 0 Å². The Balaban J connectivity index is 1.95. The van der Waals surface area contributed by atoms with Crippen LogP contribution in [0.1, 0.15) is 30.1 Å². The number of hydrogen-bond donors (Lipinski definition) is 1. The van der Waals surface area contributed by atoms with Crippen molar-refractivity contribution in [3.05, 3.63) is 29.6 Å². The van der Waals surface area contributed by atoms with Crippen LogP contribution < -0.4 is 10.1 Å². The first-order valence-corrected chi connectivity index (χ1v) is 7.01. The molecule has 0 radical (unpaired) electrons. The summed E-state index contributed by atoms with van der Waals surface area (Å²) in [5, 5.41) is 2.82. The summed E-state index contributed by atoms with van der Waals surface area (Å²) in [4.78, 5) is 14.3. The Kier molecular flexibility index (Phi) is 4.95. The number of rotatable bonds is 5. The fourth-order valence-corrected chi connectivity index (χ4v) is 2.66. The van der Waals surface area contributed by atoms with Crippen molar-refractivity contribution in [3.63, 3.8) is 0 Å². The van der Waals surface area contributed by atoms with Gasteiger partial charge in [-0.2, -0.15) is 0 Å². The SMILES string of the molecule is CCN1CCCC1CNC(=O)c1ccc(OC)cc1F. The second-order valence-electron chi connectivity index (χ2n) is 4.98. The number of methoxy groups -OCH3 is 1. The third-order valence-corrected chi connectivity index (χ3v) is 3.82. The zero-order chi connectivity index (χ0) is 14.5. The molecule has 0 aromatic heterocycles. The van der Waals surface area contributed by atoms with Crippen LogP contribution in [0.15, 0.2) is 18.2 Å². The van der Waals surface area contributed by atoms with Gasteiger partial charge in [0.25, 0.3) is 5.91 Å². The zero-order valence-electron chi connectivity index (χ0n) is 12.0. The predicted molar refractivity (Wildman–Crippen MR) is 75.6 cm³/mol. The number of halogens is 1. The predicted octanol–water partition coefficient (Wildman–Crippen LogP) is 2.05. The highest BCUT2D eigenvalue weighted by Gasteiger charge is 2.23. The lowest BCUT2D eigenvalue weighted by molar-refractivity contribution is 0.0937. The largest absolute Gasteiger partial charge is 0.497 e. The Bertz CT molecular complexity index is 479. The smallest absolute Gasteiger partial charge is 0.254 e. The van der Waals surface area contributed by atoms with Crippen LogP contribution in [0.4, 0.5) is 4.39 Å². The molecule has 1 atom stereocenters. The van der Waals surface area contributed by atoms with Crippen LogP contribution in [-0.2, 0) is 0 Å². The molecule has 1 N–H and O–H groups in total. The van der Waals surface area contributed by atoms with Crippen LogP contribution >= 0.6 is 0 Å². The van der Waals surface area contributed by atoms with Gasteiger partial charge in [0, 0.05) is 18.7 Å². The number of likely N-dealkylation sites (N-methyl/N-ethyl adjacent to an activating group) is 1. The number of nitrogens with zero attached hydrogens (tertiary/aromatic N) is 1. The summed E-state index contributed by atoms with van der Waals surface area (Å²) in [5.74, 6) is -0.513. The standard InChI is InChI=1S/C15H21FN2O2/c1-3-18-8-4-5-11(18)10-17-15(19)13-7-6-12(20-2)9-14(13)16/h6-7,9,11H,3-5,8,10H2,1-2H3,(H,17,19). The molecule has 0 bridgehead atoms. The van der Waals surface area contributed by atoms with Gasteiger partial charge in [0.15, 0.2) is 0 Å². The van der Waals surface area contributed by atoms with Gasteiger partial charge in [0.2, 0.25) is 0 Å². The van der Waals surface area contributed by atoms with Crippen LogP contribution in [0, 0.1) is 5.82 Å². The monoisotopic (exact) mass is 280 g/mol. The van der Waals surface area contributed by atoms with E-state index in [0.717, 1.165) is 25.9 Å². The molecular weight excluding hydrogens is 259 g/mol. The van der Waals surface area contributed by atoms with Crippen molar-refractivity contribution in [1.29, 1.82) is 0 Å². The fraction of sp³-hybridized carbons (Fsp3) is 0.533. The van der Waals surface area contributed by atoms with Crippen LogP contribution in [0.5, 0.6) is 5.75 Å². The van der Waals surface area contributed by atoms with Crippen molar-refractivity contribution in [2.24, 2.45) is 0 Å². The molecule has 1 aromatic carbocycles. The normalized spacial score (nSPS) is 19.1. The lowest BCUT2D eigenvalue weighted by Gasteiger charge is -2.22. The first-order chi connectivity index (χ1) is 9.65. The lowest BCUT2D eigenvalue weighted by Crippen LogP contribution is -2.40. The van der Waals surface area contributed by atoms with Gasteiger partial charge in [0.05, 0.1) is 12.7 Å². The van der Waals surface area contributed by atoms with Crippen molar-refractivity contribution >= 4 is 5.91 Å². The van der Waals surface area contributed by atoms with Crippen LogP contribution in [0.3, 0.4) is 0 Å². The summed E-state index contributed by atoms with van der Waals surface area (Å²) < 4.78 is 18.7. The third kappa shape index (κ3) is 3.28. The van der Waals surface area contributed by atoms with E-state index in [1.54, 1.807) is 6.07 Å². The van der Waals surface area contributed by atoms with Gasteiger partial charge >= 0.3 is 0 Å². The number of likely N-dealkylation sites (tertiary alicyclic amines) is 1. The first-order valence-electron chi connectivity index (χ1n) is 7.01. The molecule has 20 heavy (non-hydrogen) atoms. The first kappa shape index (κ1) is 14.8. The van der Waals surface area contributed by atoms with Gasteiger partial charge in [0.1, 0.15) is 11.6 Å². The maximum Gasteiger partial charge on any atom is 0.254 e. The van der Waals surface area contributed by atoms with E-state index in [1.807, 2.05) is 0 Å².